The number of ether oxygens (including phenoxy) is 2. The fraction of sp³-hybridized carbons (Fsp3) is 0.316. The molecule has 1 amide bonds. The molecule has 0 aliphatic heterocycles. The van der Waals surface area contributed by atoms with Crippen LogP contribution in [0.4, 0.5) is 8.78 Å². The van der Waals surface area contributed by atoms with Crippen LogP contribution in [-0.2, 0) is 11.3 Å². The molecule has 0 N–H and O–H groups in total. The van der Waals surface area contributed by atoms with E-state index in [2.05, 4.69) is 0 Å². The maximum Gasteiger partial charge on any atom is 0.261 e. The third-order valence-electron chi connectivity index (χ3n) is 4.08. The topological polar surface area (TPSA) is 38.8 Å². The number of benzene rings is 2. The summed E-state index contributed by atoms with van der Waals surface area (Å²) in [5.74, 6) is -0.508. The van der Waals surface area contributed by atoms with E-state index in [-0.39, 0.29) is 25.1 Å². The molecule has 0 saturated heterocycles. The minimum Gasteiger partial charge on any atom is -0.493 e. The molecule has 0 atom stereocenters. The molecule has 132 valence electrons. The maximum atomic E-state index is 13.9. The Hall–Kier alpha value is -2.63. The van der Waals surface area contributed by atoms with Crippen LogP contribution >= 0.6 is 0 Å². The van der Waals surface area contributed by atoms with Crippen LogP contribution in [-0.4, -0.2) is 30.6 Å². The summed E-state index contributed by atoms with van der Waals surface area (Å²) in [6.07, 6.45) is 1.76. The predicted octanol–water partition coefficient (Wildman–Crippen LogP) is 3.54. The molecule has 2 aromatic rings. The zero-order valence-electron chi connectivity index (χ0n) is 13.9. The predicted molar refractivity (Wildman–Crippen MR) is 88.4 cm³/mol. The van der Waals surface area contributed by atoms with E-state index in [1.807, 2.05) is 0 Å². The molecular weight excluding hydrogens is 328 g/mol. The van der Waals surface area contributed by atoms with Gasteiger partial charge in [-0.3, -0.25) is 4.79 Å². The monoisotopic (exact) mass is 347 g/mol. The Morgan fingerprint density at radius 2 is 1.88 bits per heavy atom. The van der Waals surface area contributed by atoms with Crippen molar-refractivity contribution >= 4 is 5.91 Å². The molecule has 1 aliphatic rings. The van der Waals surface area contributed by atoms with Gasteiger partial charge in [0.25, 0.3) is 5.91 Å². The van der Waals surface area contributed by atoms with Crippen molar-refractivity contribution in [2.45, 2.75) is 25.4 Å². The minimum atomic E-state index is -0.649. The summed E-state index contributed by atoms with van der Waals surface area (Å²) < 4.78 is 37.7. The second kappa shape index (κ2) is 7.51. The molecule has 0 unspecified atom stereocenters. The van der Waals surface area contributed by atoms with Crippen LogP contribution < -0.4 is 9.47 Å². The first-order valence-corrected chi connectivity index (χ1v) is 8.07. The van der Waals surface area contributed by atoms with Gasteiger partial charge in [-0.25, -0.2) is 8.78 Å². The van der Waals surface area contributed by atoms with Crippen molar-refractivity contribution in [3.63, 3.8) is 0 Å². The summed E-state index contributed by atoms with van der Waals surface area (Å²) in [6.45, 7) is -0.0649. The lowest BCUT2D eigenvalue weighted by atomic mass is 10.2. The van der Waals surface area contributed by atoms with Crippen molar-refractivity contribution in [1.82, 2.24) is 4.90 Å². The van der Waals surface area contributed by atoms with E-state index in [9.17, 15) is 13.6 Å². The van der Waals surface area contributed by atoms with E-state index in [4.69, 9.17) is 9.47 Å². The number of nitrogens with zero attached hydrogens (tertiary/aromatic N) is 1. The molecule has 2 aromatic carbocycles. The smallest absolute Gasteiger partial charge is 0.261 e. The fourth-order valence-corrected chi connectivity index (χ4v) is 2.60. The van der Waals surface area contributed by atoms with Gasteiger partial charge in [0.2, 0.25) is 0 Å². The van der Waals surface area contributed by atoms with Gasteiger partial charge < -0.3 is 14.4 Å². The van der Waals surface area contributed by atoms with Gasteiger partial charge in [0.1, 0.15) is 11.6 Å². The van der Waals surface area contributed by atoms with Gasteiger partial charge in [-0.2, -0.15) is 0 Å². The molecule has 0 radical (unpaired) electrons. The zero-order valence-corrected chi connectivity index (χ0v) is 13.9. The van der Waals surface area contributed by atoms with Crippen LogP contribution in [0.2, 0.25) is 0 Å². The largest absolute Gasteiger partial charge is 0.493 e. The van der Waals surface area contributed by atoms with Crippen molar-refractivity contribution in [1.29, 1.82) is 0 Å². The lowest BCUT2D eigenvalue weighted by molar-refractivity contribution is -0.134. The zero-order chi connectivity index (χ0) is 17.8. The first kappa shape index (κ1) is 17.2. The molecular formula is C19H19F2NO3. The van der Waals surface area contributed by atoms with Gasteiger partial charge in [-0.15, -0.1) is 0 Å². The van der Waals surface area contributed by atoms with Gasteiger partial charge in [-0.1, -0.05) is 18.2 Å². The highest BCUT2D eigenvalue weighted by Crippen LogP contribution is 2.30. The van der Waals surface area contributed by atoms with E-state index in [1.54, 1.807) is 29.2 Å². The lowest BCUT2D eigenvalue weighted by Crippen LogP contribution is -2.36. The number of methoxy groups -OCH3 is 1. The van der Waals surface area contributed by atoms with Crippen LogP contribution in [0.25, 0.3) is 0 Å². The van der Waals surface area contributed by atoms with Crippen LogP contribution in [0.3, 0.4) is 0 Å². The highest BCUT2D eigenvalue weighted by atomic mass is 19.1. The summed E-state index contributed by atoms with van der Waals surface area (Å²) >= 11 is 0. The van der Waals surface area contributed by atoms with Crippen molar-refractivity contribution < 1.29 is 23.0 Å². The first-order chi connectivity index (χ1) is 12.1. The first-order valence-electron chi connectivity index (χ1n) is 8.07. The minimum absolute atomic E-state index is 0.0817. The summed E-state index contributed by atoms with van der Waals surface area (Å²) in [5, 5.41) is 0. The molecule has 0 spiro atoms. The summed E-state index contributed by atoms with van der Waals surface area (Å²) in [7, 11) is 1.53. The van der Waals surface area contributed by atoms with Gasteiger partial charge in [0.05, 0.1) is 7.11 Å². The number of carbonyl (C=O) groups excluding carboxylic acids is 1. The molecule has 1 fully saturated rings. The van der Waals surface area contributed by atoms with Gasteiger partial charge >= 0.3 is 0 Å². The van der Waals surface area contributed by atoms with E-state index >= 15 is 0 Å². The third-order valence-corrected chi connectivity index (χ3v) is 4.08. The summed E-state index contributed by atoms with van der Waals surface area (Å²) in [5.41, 5.74) is 0.291. The molecule has 1 saturated carbocycles. The second-order valence-electron chi connectivity index (χ2n) is 5.93. The van der Waals surface area contributed by atoms with Crippen LogP contribution in [0.1, 0.15) is 18.4 Å². The molecule has 3 rings (SSSR count). The van der Waals surface area contributed by atoms with Crippen LogP contribution in [0, 0.1) is 11.6 Å². The quantitative estimate of drug-likeness (QED) is 0.769. The highest BCUT2D eigenvalue weighted by molar-refractivity contribution is 5.78. The Morgan fingerprint density at radius 3 is 2.52 bits per heavy atom. The maximum absolute atomic E-state index is 13.9. The Kier molecular flexibility index (Phi) is 5.16. The average Bonchev–Trinajstić information content (AvgIpc) is 3.44. The SMILES string of the molecule is COc1ccccc1OCC(=O)N(Cc1ccc(F)cc1F)C1CC1. The van der Waals surface area contributed by atoms with E-state index in [0.717, 1.165) is 18.9 Å². The number of carbonyl (C=O) groups is 1. The normalized spacial score (nSPS) is 13.4. The Morgan fingerprint density at radius 1 is 1.16 bits per heavy atom. The fourth-order valence-electron chi connectivity index (χ4n) is 2.60. The molecule has 0 bridgehead atoms. The number of hydrogen-bond donors (Lipinski definition) is 0. The molecule has 4 nitrogen and oxygen atoms in total. The van der Waals surface area contributed by atoms with E-state index in [1.165, 1.54) is 19.2 Å². The second-order valence-corrected chi connectivity index (χ2v) is 5.93. The van der Waals surface area contributed by atoms with Gasteiger partial charge in [-0.05, 0) is 31.0 Å². The van der Waals surface area contributed by atoms with Crippen LogP contribution in [0.15, 0.2) is 42.5 Å². The van der Waals surface area contributed by atoms with Crippen molar-refractivity contribution in [2.24, 2.45) is 0 Å². The number of hydrogen-bond acceptors (Lipinski definition) is 3. The number of halogens is 2. The molecule has 1 aliphatic carbocycles. The van der Waals surface area contributed by atoms with Crippen molar-refractivity contribution in [3.05, 3.63) is 59.7 Å². The summed E-state index contributed by atoms with van der Waals surface area (Å²) in [4.78, 5) is 14.1. The Labute approximate surface area is 145 Å². The van der Waals surface area contributed by atoms with Gasteiger partial charge in [0.15, 0.2) is 18.1 Å². The number of para-hydroxylation sites is 2. The van der Waals surface area contributed by atoms with Crippen LogP contribution in [0.5, 0.6) is 11.5 Å². The van der Waals surface area contributed by atoms with Crippen molar-refractivity contribution in [2.75, 3.05) is 13.7 Å². The molecule has 0 heterocycles. The standard InChI is InChI=1S/C19H19F2NO3/c1-24-17-4-2-3-5-18(17)25-12-19(23)22(15-8-9-15)11-13-6-7-14(20)10-16(13)21/h2-7,10,15H,8-9,11-12H2,1H3. The Balaban J connectivity index is 1.67. The molecule has 25 heavy (non-hydrogen) atoms. The van der Waals surface area contributed by atoms with E-state index in [0.29, 0.717) is 17.1 Å². The molecule has 6 heteroatoms. The number of amides is 1. The lowest BCUT2D eigenvalue weighted by Gasteiger charge is -2.23. The average molecular weight is 347 g/mol. The summed E-state index contributed by atoms with van der Waals surface area (Å²) in [6, 6.07) is 10.5. The Bertz CT molecular complexity index is 762. The number of rotatable bonds is 7. The van der Waals surface area contributed by atoms with Crippen molar-refractivity contribution in [3.8, 4) is 11.5 Å². The van der Waals surface area contributed by atoms with Gasteiger partial charge in [0, 0.05) is 24.2 Å². The third kappa shape index (κ3) is 4.26. The molecule has 0 aromatic heterocycles. The highest BCUT2D eigenvalue weighted by Gasteiger charge is 2.33. The van der Waals surface area contributed by atoms with E-state index < -0.39 is 11.6 Å².